The molecular weight excluding hydrogens is 254 g/mol. The summed E-state index contributed by atoms with van der Waals surface area (Å²) in [4.78, 5) is 26.2. The van der Waals surface area contributed by atoms with E-state index in [1.54, 1.807) is 11.8 Å². The highest BCUT2D eigenvalue weighted by Crippen LogP contribution is 2.09. The number of carboxylic acid groups (broad SMARTS) is 1. The largest absolute Gasteiger partial charge is 0.478 e. The van der Waals surface area contributed by atoms with Crippen LogP contribution in [-0.4, -0.2) is 40.0 Å². The van der Waals surface area contributed by atoms with E-state index in [2.05, 4.69) is 10.3 Å². The molecule has 18 heavy (non-hydrogen) atoms. The van der Waals surface area contributed by atoms with Gasteiger partial charge in [-0.25, -0.2) is 4.79 Å². The second kappa shape index (κ2) is 6.97. The summed E-state index contributed by atoms with van der Waals surface area (Å²) in [7, 11) is 0. The number of aromatic carboxylic acids is 1. The van der Waals surface area contributed by atoms with E-state index in [0.29, 0.717) is 12.1 Å². The summed E-state index contributed by atoms with van der Waals surface area (Å²) in [6.07, 6.45) is 5.10. The van der Waals surface area contributed by atoms with Crippen LogP contribution in [0.15, 0.2) is 18.5 Å². The fourth-order valence-electron chi connectivity index (χ4n) is 1.24. The minimum Gasteiger partial charge on any atom is -0.478 e. The van der Waals surface area contributed by atoms with E-state index in [1.807, 2.05) is 6.26 Å². The topological polar surface area (TPSA) is 105 Å². The van der Waals surface area contributed by atoms with E-state index in [9.17, 15) is 9.59 Å². The van der Waals surface area contributed by atoms with Crippen molar-refractivity contribution in [1.82, 2.24) is 4.98 Å². The minimum atomic E-state index is -1.09. The van der Waals surface area contributed by atoms with Crippen molar-refractivity contribution in [3.63, 3.8) is 0 Å². The first kappa shape index (κ1) is 14.5. The molecule has 0 spiro atoms. The number of amides is 1. The number of carbonyl (C=O) groups is 2. The molecule has 1 atom stereocenters. The molecule has 0 bridgehead atoms. The number of hydrogen-bond acceptors (Lipinski definition) is 5. The first-order chi connectivity index (χ1) is 8.54. The van der Waals surface area contributed by atoms with Gasteiger partial charge >= 0.3 is 5.97 Å². The van der Waals surface area contributed by atoms with Crippen LogP contribution in [0.2, 0.25) is 0 Å². The number of nitrogens with one attached hydrogen (secondary N) is 1. The Kier molecular flexibility index (Phi) is 5.60. The predicted molar refractivity (Wildman–Crippen MR) is 70.8 cm³/mol. The lowest BCUT2D eigenvalue weighted by molar-refractivity contribution is -0.117. The number of anilines is 1. The average Bonchev–Trinajstić information content (AvgIpc) is 2.36. The second-order valence-corrected chi connectivity index (χ2v) is 4.63. The van der Waals surface area contributed by atoms with Crippen LogP contribution in [0.1, 0.15) is 16.8 Å². The summed E-state index contributed by atoms with van der Waals surface area (Å²) >= 11 is 1.61. The number of pyridine rings is 1. The standard InChI is InChI=1S/C11H15N3O3S/c1-18-3-2-9(12)10(15)14-8-4-7(11(16)17)5-13-6-8/h4-6,9H,2-3,12H2,1H3,(H,14,15)(H,16,17)/t9-/m0/s1. The fraction of sp³-hybridized carbons (Fsp3) is 0.364. The highest BCUT2D eigenvalue weighted by molar-refractivity contribution is 7.98. The maximum atomic E-state index is 11.7. The molecule has 0 aliphatic heterocycles. The monoisotopic (exact) mass is 269 g/mol. The van der Waals surface area contributed by atoms with Gasteiger partial charge in [0.1, 0.15) is 0 Å². The number of nitrogens with two attached hydrogens (primary N) is 1. The van der Waals surface area contributed by atoms with Gasteiger partial charge in [-0.3, -0.25) is 9.78 Å². The molecule has 1 heterocycles. The number of aromatic nitrogens is 1. The molecule has 0 saturated heterocycles. The Morgan fingerprint density at radius 2 is 2.28 bits per heavy atom. The van der Waals surface area contributed by atoms with Crippen molar-refractivity contribution in [2.45, 2.75) is 12.5 Å². The molecule has 7 heteroatoms. The summed E-state index contributed by atoms with van der Waals surface area (Å²) in [5, 5.41) is 11.3. The zero-order valence-corrected chi connectivity index (χ0v) is 10.7. The van der Waals surface area contributed by atoms with Gasteiger partial charge in [-0.1, -0.05) is 0 Å². The van der Waals surface area contributed by atoms with Gasteiger partial charge in [0.2, 0.25) is 5.91 Å². The average molecular weight is 269 g/mol. The summed E-state index contributed by atoms with van der Waals surface area (Å²) in [5.41, 5.74) is 6.04. The van der Waals surface area contributed by atoms with Crippen molar-refractivity contribution < 1.29 is 14.7 Å². The third-order valence-electron chi connectivity index (χ3n) is 2.22. The fourth-order valence-corrected chi connectivity index (χ4v) is 1.73. The number of carboxylic acids is 1. The van der Waals surface area contributed by atoms with Gasteiger partial charge in [0.15, 0.2) is 0 Å². The lowest BCUT2D eigenvalue weighted by Gasteiger charge is -2.11. The summed E-state index contributed by atoms with van der Waals surface area (Å²) < 4.78 is 0. The Hall–Kier alpha value is -1.60. The Morgan fingerprint density at radius 3 is 2.89 bits per heavy atom. The van der Waals surface area contributed by atoms with Crippen molar-refractivity contribution in [3.05, 3.63) is 24.0 Å². The van der Waals surface area contributed by atoms with Crippen LogP contribution in [0, 0.1) is 0 Å². The van der Waals surface area contributed by atoms with Crippen LogP contribution >= 0.6 is 11.8 Å². The Morgan fingerprint density at radius 1 is 1.56 bits per heavy atom. The molecule has 1 aromatic rings. The molecule has 0 radical (unpaired) electrons. The Balaban J connectivity index is 2.64. The van der Waals surface area contributed by atoms with Gasteiger partial charge in [-0.05, 0) is 24.5 Å². The predicted octanol–water partition coefficient (Wildman–Crippen LogP) is 0.799. The number of nitrogens with zero attached hydrogens (tertiary/aromatic N) is 1. The third-order valence-corrected chi connectivity index (χ3v) is 2.87. The number of thioether (sulfide) groups is 1. The first-order valence-electron chi connectivity index (χ1n) is 5.28. The maximum absolute atomic E-state index is 11.7. The smallest absolute Gasteiger partial charge is 0.337 e. The van der Waals surface area contributed by atoms with Crippen LogP contribution in [0.4, 0.5) is 5.69 Å². The molecule has 0 saturated carbocycles. The third kappa shape index (κ3) is 4.34. The summed E-state index contributed by atoms with van der Waals surface area (Å²) in [6, 6.07) is 0.736. The molecule has 0 aliphatic carbocycles. The van der Waals surface area contributed by atoms with Crippen molar-refractivity contribution in [1.29, 1.82) is 0 Å². The van der Waals surface area contributed by atoms with Gasteiger partial charge in [-0.15, -0.1) is 0 Å². The molecule has 1 amide bonds. The SMILES string of the molecule is CSCC[C@H](N)C(=O)Nc1cncc(C(=O)O)c1. The van der Waals surface area contributed by atoms with Crippen LogP contribution < -0.4 is 11.1 Å². The van der Waals surface area contributed by atoms with E-state index in [1.165, 1.54) is 18.5 Å². The van der Waals surface area contributed by atoms with E-state index >= 15 is 0 Å². The zero-order valence-electron chi connectivity index (χ0n) is 9.92. The van der Waals surface area contributed by atoms with Gasteiger partial charge in [0.25, 0.3) is 0 Å². The van der Waals surface area contributed by atoms with Crippen LogP contribution in [0.3, 0.4) is 0 Å². The molecule has 1 aromatic heterocycles. The highest BCUT2D eigenvalue weighted by atomic mass is 32.2. The number of hydrogen-bond donors (Lipinski definition) is 3. The van der Waals surface area contributed by atoms with Gasteiger partial charge < -0.3 is 16.2 Å². The van der Waals surface area contributed by atoms with Crippen LogP contribution in [0.25, 0.3) is 0 Å². The van der Waals surface area contributed by atoms with Crippen LogP contribution in [-0.2, 0) is 4.79 Å². The molecular formula is C11H15N3O3S. The van der Waals surface area contributed by atoms with E-state index in [4.69, 9.17) is 10.8 Å². The Labute approximate surface area is 109 Å². The normalized spacial score (nSPS) is 11.9. The van der Waals surface area contributed by atoms with Gasteiger partial charge in [0.05, 0.1) is 23.5 Å². The Bertz CT molecular complexity index is 439. The molecule has 0 fully saturated rings. The number of carbonyl (C=O) groups excluding carboxylic acids is 1. The lowest BCUT2D eigenvalue weighted by atomic mass is 10.2. The van der Waals surface area contributed by atoms with Crippen molar-refractivity contribution in [3.8, 4) is 0 Å². The van der Waals surface area contributed by atoms with E-state index < -0.39 is 12.0 Å². The van der Waals surface area contributed by atoms with E-state index in [-0.39, 0.29) is 11.5 Å². The van der Waals surface area contributed by atoms with E-state index in [0.717, 1.165) is 5.75 Å². The quantitative estimate of drug-likeness (QED) is 0.705. The maximum Gasteiger partial charge on any atom is 0.337 e. The zero-order chi connectivity index (χ0) is 13.5. The molecule has 4 N–H and O–H groups in total. The highest BCUT2D eigenvalue weighted by Gasteiger charge is 2.14. The minimum absolute atomic E-state index is 0.0190. The lowest BCUT2D eigenvalue weighted by Crippen LogP contribution is -2.36. The molecule has 6 nitrogen and oxygen atoms in total. The van der Waals surface area contributed by atoms with Crippen LogP contribution in [0.5, 0.6) is 0 Å². The summed E-state index contributed by atoms with van der Waals surface area (Å²) in [5.74, 6) is -0.638. The summed E-state index contributed by atoms with van der Waals surface area (Å²) in [6.45, 7) is 0. The number of rotatable bonds is 6. The van der Waals surface area contributed by atoms with Gasteiger partial charge in [-0.2, -0.15) is 11.8 Å². The molecule has 0 aliphatic rings. The molecule has 0 aromatic carbocycles. The molecule has 0 unspecified atom stereocenters. The molecule has 1 rings (SSSR count). The second-order valence-electron chi connectivity index (χ2n) is 3.64. The van der Waals surface area contributed by atoms with Crippen molar-refractivity contribution in [2.75, 3.05) is 17.3 Å². The molecule has 98 valence electrons. The van der Waals surface area contributed by atoms with Crippen molar-refractivity contribution in [2.24, 2.45) is 5.73 Å². The van der Waals surface area contributed by atoms with Crippen molar-refractivity contribution >= 4 is 29.3 Å². The first-order valence-corrected chi connectivity index (χ1v) is 6.67. The van der Waals surface area contributed by atoms with Gasteiger partial charge in [0, 0.05) is 6.20 Å².